The van der Waals surface area contributed by atoms with Crippen LogP contribution in [-0.4, -0.2) is 21.7 Å². The van der Waals surface area contributed by atoms with E-state index >= 15 is 0 Å². The lowest BCUT2D eigenvalue weighted by molar-refractivity contribution is -0.136. The van der Waals surface area contributed by atoms with E-state index in [1.165, 1.54) is 36.5 Å². The van der Waals surface area contributed by atoms with Gasteiger partial charge in [-0.25, -0.2) is 4.39 Å². The smallest absolute Gasteiger partial charge is 0.368 e. The number of nitrogens with zero attached hydrogens (tertiary/aromatic N) is 3. The second-order valence-electron chi connectivity index (χ2n) is 5.64. The summed E-state index contributed by atoms with van der Waals surface area (Å²) in [5.74, 6) is -0.000789. The molecule has 0 atom stereocenters. The van der Waals surface area contributed by atoms with Crippen LogP contribution in [-0.2, 0) is 12.6 Å². The molecule has 3 aromatic rings. The van der Waals surface area contributed by atoms with Gasteiger partial charge in [-0.2, -0.15) is 23.3 Å². The third-order valence-electron chi connectivity index (χ3n) is 3.67. The fraction of sp³-hybridized carbons (Fsp3) is 0.167. The van der Waals surface area contributed by atoms with Crippen LogP contribution in [0.5, 0.6) is 0 Å². The third kappa shape index (κ3) is 5.13. The molecule has 2 N–H and O–H groups in total. The molecule has 1 aromatic heterocycles. The highest BCUT2D eigenvalue weighted by Gasteiger charge is 2.33. The lowest BCUT2D eigenvalue weighted by atomic mass is 10.1. The number of rotatable bonds is 6. The van der Waals surface area contributed by atoms with Crippen LogP contribution in [0.3, 0.4) is 0 Å². The number of hydrogen-bond acceptors (Lipinski definition) is 5. The topological polar surface area (TPSA) is 62.7 Å². The van der Waals surface area contributed by atoms with Crippen LogP contribution in [0, 0.1) is 5.82 Å². The first-order valence-electron chi connectivity index (χ1n) is 8.03. The Morgan fingerprint density at radius 3 is 2.44 bits per heavy atom. The molecule has 27 heavy (non-hydrogen) atoms. The average Bonchev–Trinajstić information content (AvgIpc) is 2.63. The van der Waals surface area contributed by atoms with Crippen molar-refractivity contribution in [3.63, 3.8) is 0 Å². The SMILES string of the molecule is Fc1ccc(CCNc2cnnc(Nc3ccccc3C(F)(F)F)n2)cc1. The fourth-order valence-electron chi connectivity index (χ4n) is 2.39. The van der Waals surface area contributed by atoms with Gasteiger partial charge in [0.1, 0.15) is 5.82 Å². The molecule has 9 heteroatoms. The Kier molecular flexibility index (Phi) is 5.49. The van der Waals surface area contributed by atoms with Gasteiger partial charge in [0.2, 0.25) is 5.95 Å². The van der Waals surface area contributed by atoms with Gasteiger partial charge in [0.25, 0.3) is 0 Å². The second-order valence-corrected chi connectivity index (χ2v) is 5.64. The number of halogens is 4. The Balaban J connectivity index is 1.65. The lowest BCUT2D eigenvalue weighted by Gasteiger charge is -2.13. The van der Waals surface area contributed by atoms with Crippen molar-refractivity contribution in [1.29, 1.82) is 0 Å². The molecule has 0 bridgehead atoms. The summed E-state index contributed by atoms with van der Waals surface area (Å²) in [6, 6.07) is 11.2. The lowest BCUT2D eigenvalue weighted by Crippen LogP contribution is -2.11. The monoisotopic (exact) mass is 377 g/mol. The quantitative estimate of drug-likeness (QED) is 0.623. The highest BCUT2D eigenvalue weighted by molar-refractivity contribution is 5.59. The van der Waals surface area contributed by atoms with E-state index in [-0.39, 0.29) is 17.5 Å². The van der Waals surface area contributed by atoms with Crippen molar-refractivity contribution in [1.82, 2.24) is 15.2 Å². The van der Waals surface area contributed by atoms with E-state index in [2.05, 4.69) is 25.8 Å². The summed E-state index contributed by atoms with van der Waals surface area (Å²) in [6.07, 6.45) is -2.52. The van der Waals surface area contributed by atoms with Gasteiger partial charge in [-0.15, -0.1) is 5.10 Å². The highest BCUT2D eigenvalue weighted by Crippen LogP contribution is 2.35. The van der Waals surface area contributed by atoms with E-state index in [4.69, 9.17) is 0 Å². The van der Waals surface area contributed by atoms with Crippen LogP contribution < -0.4 is 10.6 Å². The van der Waals surface area contributed by atoms with E-state index in [1.54, 1.807) is 12.1 Å². The van der Waals surface area contributed by atoms with Gasteiger partial charge in [0.15, 0.2) is 5.82 Å². The second kappa shape index (κ2) is 7.98. The summed E-state index contributed by atoms with van der Waals surface area (Å²) < 4.78 is 52.0. The van der Waals surface area contributed by atoms with Crippen molar-refractivity contribution < 1.29 is 17.6 Å². The summed E-state index contributed by atoms with van der Waals surface area (Å²) in [5, 5.41) is 13.0. The van der Waals surface area contributed by atoms with Crippen molar-refractivity contribution in [2.45, 2.75) is 12.6 Å². The highest BCUT2D eigenvalue weighted by atomic mass is 19.4. The normalized spacial score (nSPS) is 11.3. The molecule has 0 fully saturated rings. The zero-order chi connectivity index (χ0) is 19.3. The Hall–Kier alpha value is -3.23. The fourth-order valence-corrected chi connectivity index (χ4v) is 2.39. The van der Waals surface area contributed by atoms with Crippen molar-refractivity contribution in [3.8, 4) is 0 Å². The number of aromatic nitrogens is 3. The molecule has 2 aromatic carbocycles. The number of alkyl halides is 3. The van der Waals surface area contributed by atoms with Gasteiger partial charge in [-0.05, 0) is 36.2 Å². The minimum Gasteiger partial charge on any atom is -0.368 e. The number of hydrogen-bond donors (Lipinski definition) is 2. The first-order valence-corrected chi connectivity index (χ1v) is 8.03. The van der Waals surface area contributed by atoms with E-state index in [9.17, 15) is 17.6 Å². The van der Waals surface area contributed by atoms with Gasteiger partial charge in [-0.3, -0.25) is 0 Å². The molecule has 0 amide bonds. The van der Waals surface area contributed by atoms with Crippen molar-refractivity contribution in [3.05, 3.63) is 71.7 Å². The van der Waals surface area contributed by atoms with Gasteiger partial charge in [0, 0.05) is 6.54 Å². The largest absolute Gasteiger partial charge is 0.418 e. The summed E-state index contributed by atoms with van der Waals surface area (Å²) in [7, 11) is 0. The molecule has 0 saturated carbocycles. The van der Waals surface area contributed by atoms with Crippen molar-refractivity contribution >= 4 is 17.5 Å². The van der Waals surface area contributed by atoms with Crippen LogP contribution in [0.1, 0.15) is 11.1 Å². The van der Waals surface area contributed by atoms with Gasteiger partial charge < -0.3 is 10.6 Å². The molecule has 140 valence electrons. The summed E-state index contributed by atoms with van der Waals surface area (Å²) in [5.41, 5.74) is -0.0399. The number of nitrogens with one attached hydrogen (secondary N) is 2. The van der Waals surface area contributed by atoms with Gasteiger partial charge >= 0.3 is 6.18 Å². The number of anilines is 3. The molecular weight excluding hydrogens is 362 g/mol. The molecule has 0 aliphatic carbocycles. The molecule has 0 aliphatic heterocycles. The Bertz CT molecular complexity index is 897. The predicted octanol–water partition coefficient (Wildman–Crippen LogP) is 4.43. The summed E-state index contributed by atoms with van der Waals surface area (Å²) in [6.45, 7) is 0.489. The molecule has 0 aliphatic rings. The molecule has 5 nitrogen and oxygen atoms in total. The Labute approximate surface area is 152 Å². The van der Waals surface area contributed by atoms with Crippen LogP contribution in [0.2, 0.25) is 0 Å². The van der Waals surface area contributed by atoms with Crippen LogP contribution in [0.25, 0.3) is 0 Å². The number of benzene rings is 2. The third-order valence-corrected chi connectivity index (χ3v) is 3.67. The van der Waals surface area contributed by atoms with Crippen molar-refractivity contribution in [2.24, 2.45) is 0 Å². The minimum absolute atomic E-state index is 0.0570. The van der Waals surface area contributed by atoms with E-state index < -0.39 is 11.7 Å². The molecule has 0 radical (unpaired) electrons. The Morgan fingerprint density at radius 2 is 1.70 bits per heavy atom. The van der Waals surface area contributed by atoms with E-state index in [0.29, 0.717) is 18.8 Å². The predicted molar refractivity (Wildman–Crippen MR) is 93.1 cm³/mol. The zero-order valence-corrected chi connectivity index (χ0v) is 14.0. The van der Waals surface area contributed by atoms with Crippen LogP contribution in [0.15, 0.2) is 54.7 Å². The summed E-state index contributed by atoms with van der Waals surface area (Å²) in [4.78, 5) is 4.11. The first-order chi connectivity index (χ1) is 12.9. The van der Waals surface area contributed by atoms with E-state index in [0.717, 1.165) is 11.6 Å². The maximum atomic E-state index is 13.1. The molecule has 0 unspecified atom stereocenters. The van der Waals surface area contributed by atoms with Crippen LogP contribution in [0.4, 0.5) is 35.0 Å². The van der Waals surface area contributed by atoms with Crippen molar-refractivity contribution in [2.75, 3.05) is 17.2 Å². The zero-order valence-electron chi connectivity index (χ0n) is 14.0. The molecular formula is C18H15F4N5. The molecule has 3 rings (SSSR count). The maximum absolute atomic E-state index is 13.1. The Morgan fingerprint density at radius 1 is 0.963 bits per heavy atom. The average molecular weight is 377 g/mol. The molecule has 0 saturated heterocycles. The molecule has 0 spiro atoms. The maximum Gasteiger partial charge on any atom is 0.418 e. The minimum atomic E-state index is -4.50. The standard InChI is InChI=1S/C18H15F4N5/c19-13-7-5-12(6-8-13)9-10-23-16-11-24-27-17(26-16)25-15-4-2-1-3-14(15)18(20,21)22/h1-8,11H,9-10H2,(H2,23,25,26,27). The van der Waals surface area contributed by atoms with Crippen LogP contribution >= 0.6 is 0 Å². The number of para-hydroxylation sites is 1. The van der Waals surface area contributed by atoms with Gasteiger partial charge in [0.05, 0.1) is 17.4 Å². The van der Waals surface area contributed by atoms with E-state index in [1.807, 2.05) is 0 Å². The summed E-state index contributed by atoms with van der Waals surface area (Å²) >= 11 is 0. The van der Waals surface area contributed by atoms with Gasteiger partial charge in [-0.1, -0.05) is 24.3 Å². The first kappa shape index (κ1) is 18.6. The molecule has 1 heterocycles.